The average molecular weight is 257 g/mol. The van der Waals surface area contributed by atoms with Gasteiger partial charge in [0.15, 0.2) is 9.76 Å². The lowest BCUT2D eigenvalue weighted by Crippen LogP contribution is -2.11. The van der Waals surface area contributed by atoms with Crippen LogP contribution in [0, 0.1) is 0 Å². The molecule has 0 heterocycles. The lowest BCUT2D eigenvalue weighted by Gasteiger charge is -2.05. The molecular formula is C8H14Cl2O3Si. The number of ether oxygens (including phenoxy) is 1. The molecule has 0 N–H and O–H groups in total. The first kappa shape index (κ1) is 14.0. The van der Waals surface area contributed by atoms with Crippen LogP contribution in [0.4, 0.5) is 0 Å². The molecule has 0 aliphatic heterocycles. The van der Waals surface area contributed by atoms with Crippen LogP contribution in [0.15, 0.2) is 12.2 Å². The predicted molar refractivity (Wildman–Crippen MR) is 60.6 cm³/mol. The summed E-state index contributed by atoms with van der Waals surface area (Å²) in [6, 6.07) is 0.763. The molecule has 0 atom stereocenters. The van der Waals surface area contributed by atoms with Crippen molar-refractivity contribution in [3.05, 3.63) is 12.2 Å². The SMILES string of the molecule is C=C(C)C(=O)OCC[SiH2]OCC(Cl)Cl. The summed E-state index contributed by atoms with van der Waals surface area (Å²) >= 11 is 10.9. The first-order chi connectivity index (χ1) is 6.54. The molecule has 0 aromatic rings. The number of alkyl halides is 2. The van der Waals surface area contributed by atoms with Gasteiger partial charge in [-0.15, -0.1) is 23.2 Å². The number of rotatable bonds is 7. The minimum Gasteiger partial charge on any atom is -0.463 e. The van der Waals surface area contributed by atoms with E-state index in [4.69, 9.17) is 32.4 Å². The van der Waals surface area contributed by atoms with Crippen LogP contribution in [0.25, 0.3) is 0 Å². The summed E-state index contributed by atoms with van der Waals surface area (Å²) in [6.45, 7) is 5.81. The molecule has 0 radical (unpaired) electrons. The zero-order valence-electron chi connectivity index (χ0n) is 8.09. The highest BCUT2D eigenvalue weighted by Crippen LogP contribution is 2.01. The molecule has 0 rings (SSSR count). The molecule has 0 saturated carbocycles. The second kappa shape index (κ2) is 8.29. The van der Waals surface area contributed by atoms with Crippen molar-refractivity contribution >= 4 is 38.9 Å². The Morgan fingerprint density at radius 2 is 2.21 bits per heavy atom. The Morgan fingerprint density at radius 3 is 2.71 bits per heavy atom. The first-order valence-corrected chi connectivity index (χ1v) is 6.67. The highest BCUT2D eigenvalue weighted by Gasteiger charge is 2.02. The Bertz CT molecular complexity index is 197. The fourth-order valence-electron chi connectivity index (χ4n) is 0.621. The second-order valence-corrected chi connectivity index (χ2v) is 5.54. The Balaban J connectivity index is 3.22. The molecule has 0 bridgehead atoms. The normalized spacial score (nSPS) is 11.1. The van der Waals surface area contributed by atoms with Crippen LogP contribution in [0.3, 0.4) is 0 Å². The zero-order chi connectivity index (χ0) is 11.0. The van der Waals surface area contributed by atoms with Gasteiger partial charge in [-0.3, -0.25) is 0 Å². The minimum absolute atomic E-state index is 0.351. The summed E-state index contributed by atoms with van der Waals surface area (Å²) in [4.78, 5) is 10.4. The van der Waals surface area contributed by atoms with Crippen LogP contribution in [0.1, 0.15) is 6.92 Å². The third-order valence-electron chi connectivity index (χ3n) is 1.26. The van der Waals surface area contributed by atoms with Gasteiger partial charge >= 0.3 is 5.97 Å². The highest BCUT2D eigenvalue weighted by molar-refractivity contribution is 6.44. The van der Waals surface area contributed by atoms with Crippen LogP contribution in [-0.2, 0) is 14.0 Å². The number of hydrogen-bond acceptors (Lipinski definition) is 3. The van der Waals surface area contributed by atoms with E-state index < -0.39 is 14.6 Å². The fourth-order valence-corrected chi connectivity index (χ4v) is 1.97. The quantitative estimate of drug-likeness (QED) is 0.227. The van der Waals surface area contributed by atoms with Gasteiger partial charge in [-0.25, -0.2) is 4.79 Å². The van der Waals surface area contributed by atoms with Gasteiger partial charge in [-0.1, -0.05) is 6.58 Å². The summed E-state index contributed by atoms with van der Waals surface area (Å²) in [5.41, 5.74) is 0.411. The van der Waals surface area contributed by atoms with Crippen LogP contribution in [0.5, 0.6) is 0 Å². The molecule has 0 aromatic heterocycles. The third kappa shape index (κ3) is 8.56. The van der Waals surface area contributed by atoms with Gasteiger partial charge in [0.05, 0.1) is 13.2 Å². The first-order valence-electron chi connectivity index (χ1n) is 4.22. The molecule has 3 nitrogen and oxygen atoms in total. The number of esters is 1. The average Bonchev–Trinajstić information content (AvgIpc) is 2.09. The fraction of sp³-hybridized carbons (Fsp3) is 0.625. The molecule has 0 fully saturated rings. The van der Waals surface area contributed by atoms with Crippen molar-refractivity contribution in [2.75, 3.05) is 13.2 Å². The van der Waals surface area contributed by atoms with E-state index in [-0.39, 0.29) is 5.97 Å². The summed E-state index contributed by atoms with van der Waals surface area (Å²) in [6.07, 6.45) is 0. The lowest BCUT2D eigenvalue weighted by molar-refractivity contribution is -0.138. The molecule has 0 amide bonds. The van der Waals surface area contributed by atoms with Crippen molar-refractivity contribution in [1.29, 1.82) is 0 Å². The van der Waals surface area contributed by atoms with Crippen LogP contribution in [-0.4, -0.2) is 33.8 Å². The smallest absolute Gasteiger partial charge is 0.333 e. The minimum atomic E-state index is -0.675. The number of hydrogen-bond donors (Lipinski definition) is 0. The molecule has 0 aliphatic carbocycles. The molecule has 0 saturated heterocycles. The second-order valence-electron chi connectivity index (χ2n) is 2.74. The van der Waals surface area contributed by atoms with E-state index >= 15 is 0 Å². The van der Waals surface area contributed by atoms with E-state index in [1.54, 1.807) is 6.92 Å². The monoisotopic (exact) mass is 256 g/mol. The van der Waals surface area contributed by atoms with E-state index in [1.807, 2.05) is 0 Å². The Labute approximate surface area is 96.3 Å². The summed E-state index contributed by atoms with van der Waals surface area (Å²) in [5, 5.41) is 0. The van der Waals surface area contributed by atoms with Crippen molar-refractivity contribution < 1.29 is 14.0 Å². The Kier molecular flexibility index (Phi) is 8.27. The van der Waals surface area contributed by atoms with E-state index in [0.29, 0.717) is 18.8 Å². The molecule has 0 unspecified atom stereocenters. The van der Waals surface area contributed by atoms with Crippen LogP contribution in [0.2, 0.25) is 6.04 Å². The van der Waals surface area contributed by atoms with Crippen molar-refractivity contribution in [1.82, 2.24) is 0 Å². The van der Waals surface area contributed by atoms with Crippen molar-refractivity contribution in [2.24, 2.45) is 0 Å². The summed E-state index contributed by atoms with van der Waals surface area (Å²) in [5.74, 6) is -0.355. The van der Waals surface area contributed by atoms with Gasteiger partial charge < -0.3 is 9.16 Å². The van der Waals surface area contributed by atoms with Gasteiger partial charge in [0.1, 0.15) is 4.84 Å². The summed E-state index contributed by atoms with van der Waals surface area (Å²) < 4.78 is 10.1. The van der Waals surface area contributed by atoms with Crippen molar-refractivity contribution in [3.63, 3.8) is 0 Å². The topological polar surface area (TPSA) is 35.5 Å². The predicted octanol–water partition coefficient (Wildman–Crippen LogP) is 1.43. The molecule has 6 heteroatoms. The number of carbonyl (C=O) groups excluding carboxylic acids is 1. The van der Waals surface area contributed by atoms with Crippen LogP contribution >= 0.6 is 23.2 Å². The highest BCUT2D eigenvalue weighted by atomic mass is 35.5. The Morgan fingerprint density at radius 1 is 1.57 bits per heavy atom. The van der Waals surface area contributed by atoms with Gasteiger partial charge in [-0.05, 0) is 13.0 Å². The van der Waals surface area contributed by atoms with Gasteiger partial charge in [0, 0.05) is 5.57 Å². The van der Waals surface area contributed by atoms with Crippen molar-refractivity contribution in [3.8, 4) is 0 Å². The maximum Gasteiger partial charge on any atom is 0.333 e. The maximum absolute atomic E-state index is 10.9. The van der Waals surface area contributed by atoms with E-state index in [9.17, 15) is 4.79 Å². The number of carbonyl (C=O) groups is 1. The summed E-state index contributed by atoms with van der Waals surface area (Å²) in [7, 11) is -0.675. The molecule has 14 heavy (non-hydrogen) atoms. The van der Waals surface area contributed by atoms with Crippen LogP contribution < -0.4 is 0 Å². The zero-order valence-corrected chi connectivity index (χ0v) is 11.0. The molecular weight excluding hydrogens is 243 g/mol. The van der Waals surface area contributed by atoms with Gasteiger partial charge in [0.25, 0.3) is 0 Å². The number of halogens is 2. The largest absolute Gasteiger partial charge is 0.463 e. The molecule has 0 spiro atoms. The van der Waals surface area contributed by atoms with E-state index in [0.717, 1.165) is 6.04 Å². The maximum atomic E-state index is 10.9. The van der Waals surface area contributed by atoms with Gasteiger partial charge in [0.2, 0.25) is 0 Å². The van der Waals surface area contributed by atoms with E-state index in [2.05, 4.69) is 6.58 Å². The molecule has 82 valence electrons. The standard InChI is InChI=1S/C8H14Cl2O3Si/c1-6(2)8(11)12-3-4-14-13-5-7(9)10/h7H,1,3-5,14H2,2H3. The lowest BCUT2D eigenvalue weighted by atomic mass is 10.4. The van der Waals surface area contributed by atoms with Gasteiger partial charge in [-0.2, -0.15) is 0 Å². The van der Waals surface area contributed by atoms with E-state index in [1.165, 1.54) is 0 Å². The Hall–Kier alpha value is -0.0331. The molecule has 0 aromatic carbocycles. The van der Waals surface area contributed by atoms with Crippen molar-refractivity contribution in [2.45, 2.75) is 17.8 Å². The third-order valence-corrected chi connectivity index (χ3v) is 2.61. The molecule has 0 aliphatic rings.